The summed E-state index contributed by atoms with van der Waals surface area (Å²) in [5.41, 5.74) is 0. The molecule has 17 heavy (non-hydrogen) atoms. The van der Waals surface area contributed by atoms with E-state index < -0.39 is 30.7 Å². The van der Waals surface area contributed by atoms with Gasteiger partial charge >= 0.3 is 24.2 Å². The highest BCUT2D eigenvalue weighted by molar-refractivity contribution is 8.15. The van der Waals surface area contributed by atoms with Gasteiger partial charge in [0.15, 0.2) is 6.54 Å². The third kappa shape index (κ3) is 5.75. The average molecular weight is 315 g/mol. The Kier molecular flexibility index (Phi) is 5.98. The molecule has 0 aliphatic carbocycles. The largest absolute Gasteiger partial charge is 0.474 e. The number of esters is 1. The highest BCUT2D eigenvalue weighted by atomic mass is 35.9. The topological polar surface area (TPSA) is 46.6 Å². The Hall–Kier alpha value is -0.260. The number of halogens is 5. The zero-order chi connectivity index (χ0) is 13.9. The van der Waals surface area contributed by atoms with Gasteiger partial charge in [0.05, 0.1) is 6.61 Å². The molecular formula is C7H10Cl2F3NO3P+. The van der Waals surface area contributed by atoms with Crippen LogP contribution in [0.5, 0.6) is 0 Å². The Labute approximate surface area is 106 Å². The fourth-order valence-electron chi connectivity index (χ4n) is 0.831. The van der Waals surface area contributed by atoms with E-state index in [2.05, 4.69) is 4.74 Å². The minimum Gasteiger partial charge on any atom is -0.465 e. The van der Waals surface area contributed by atoms with E-state index in [0.717, 1.165) is 6.66 Å². The van der Waals surface area contributed by atoms with Crippen LogP contribution in [-0.4, -0.2) is 42.5 Å². The Balaban J connectivity index is 4.92. The van der Waals surface area contributed by atoms with E-state index in [-0.39, 0.29) is 11.3 Å². The number of hydrogen-bond donors (Lipinski definition) is 0. The van der Waals surface area contributed by atoms with Crippen LogP contribution in [0.15, 0.2) is 0 Å². The van der Waals surface area contributed by atoms with Crippen LogP contribution >= 0.6 is 28.6 Å². The highest BCUT2D eigenvalue weighted by Gasteiger charge is 2.53. The Morgan fingerprint density at radius 1 is 1.35 bits per heavy atom. The van der Waals surface area contributed by atoms with E-state index in [0.29, 0.717) is 0 Å². The monoisotopic (exact) mass is 314 g/mol. The summed E-state index contributed by atoms with van der Waals surface area (Å²) in [6.45, 7) is 1.58. The van der Waals surface area contributed by atoms with Crippen LogP contribution in [-0.2, 0) is 14.3 Å². The first-order valence-electron chi connectivity index (χ1n) is 4.30. The summed E-state index contributed by atoms with van der Waals surface area (Å²) in [7, 11) is 0. The maximum atomic E-state index is 12.2. The minimum atomic E-state index is -5.14. The molecule has 0 bridgehead atoms. The van der Waals surface area contributed by atoms with Crippen LogP contribution in [0.2, 0.25) is 0 Å². The Bertz CT molecular complexity index is 306. The third-order valence-corrected chi connectivity index (χ3v) is 3.75. The van der Waals surface area contributed by atoms with Crippen LogP contribution in [0.25, 0.3) is 0 Å². The molecule has 0 aromatic heterocycles. The molecule has 0 spiro atoms. The van der Waals surface area contributed by atoms with Crippen LogP contribution in [0.1, 0.15) is 6.92 Å². The van der Waals surface area contributed by atoms with Crippen molar-refractivity contribution in [2.75, 3.05) is 19.8 Å². The second kappa shape index (κ2) is 6.07. The lowest BCUT2D eigenvalue weighted by atomic mass is 10.5. The summed E-state index contributed by atoms with van der Waals surface area (Å²) >= 11 is 11.0. The van der Waals surface area contributed by atoms with Gasteiger partial charge in [-0.3, -0.25) is 4.79 Å². The van der Waals surface area contributed by atoms with E-state index in [9.17, 15) is 22.8 Å². The maximum Gasteiger partial charge on any atom is 0.474 e. The van der Waals surface area contributed by atoms with Crippen molar-refractivity contribution in [3.05, 3.63) is 0 Å². The fraction of sp³-hybridized carbons (Fsp3) is 0.714. The van der Waals surface area contributed by atoms with Gasteiger partial charge in [0, 0.05) is 0 Å². The highest BCUT2D eigenvalue weighted by Crippen LogP contribution is 2.69. The molecule has 10 heteroatoms. The lowest BCUT2D eigenvalue weighted by Crippen LogP contribution is -2.41. The predicted molar refractivity (Wildman–Crippen MR) is 59.0 cm³/mol. The van der Waals surface area contributed by atoms with Gasteiger partial charge < -0.3 is 4.74 Å². The van der Waals surface area contributed by atoms with Crippen molar-refractivity contribution in [3.8, 4) is 0 Å². The van der Waals surface area contributed by atoms with Crippen LogP contribution in [0, 0.1) is 0 Å². The Morgan fingerprint density at radius 2 is 1.82 bits per heavy atom. The van der Waals surface area contributed by atoms with E-state index in [1.807, 2.05) is 0 Å². The normalized spacial score (nSPS) is 12.2. The number of carbonyl (C=O) groups excluding carboxylic acids is 2. The average Bonchev–Trinajstić information content (AvgIpc) is 2.10. The van der Waals surface area contributed by atoms with Gasteiger partial charge in [-0.05, 0) is 6.92 Å². The van der Waals surface area contributed by atoms with Gasteiger partial charge in [-0.25, -0.2) is 4.79 Å². The van der Waals surface area contributed by atoms with Gasteiger partial charge in [0.1, 0.15) is 29.1 Å². The summed E-state index contributed by atoms with van der Waals surface area (Å²) in [5.74, 6) is -3.26. The molecule has 0 atom stereocenters. The van der Waals surface area contributed by atoms with Gasteiger partial charge in [-0.1, -0.05) is 0 Å². The van der Waals surface area contributed by atoms with E-state index in [1.165, 1.54) is 6.92 Å². The smallest absolute Gasteiger partial charge is 0.465 e. The molecule has 0 aromatic rings. The summed E-state index contributed by atoms with van der Waals surface area (Å²) in [6, 6.07) is 0. The molecule has 0 saturated carbocycles. The first kappa shape index (κ1) is 16.7. The molecule has 0 rings (SSSR count). The molecule has 0 radical (unpaired) electrons. The first-order valence-corrected chi connectivity index (χ1v) is 8.30. The van der Waals surface area contributed by atoms with Crippen molar-refractivity contribution in [2.45, 2.75) is 13.1 Å². The van der Waals surface area contributed by atoms with E-state index in [4.69, 9.17) is 22.5 Å². The number of amides is 1. The van der Waals surface area contributed by atoms with E-state index >= 15 is 0 Å². The fourth-order valence-corrected chi connectivity index (χ4v) is 2.36. The van der Waals surface area contributed by atoms with Crippen LogP contribution in [0.3, 0.4) is 0 Å². The van der Waals surface area contributed by atoms with Crippen molar-refractivity contribution in [1.29, 1.82) is 0 Å². The second-order valence-corrected chi connectivity index (χ2v) is 9.38. The number of hydrogen-bond acceptors (Lipinski definition) is 3. The van der Waals surface area contributed by atoms with E-state index in [1.54, 1.807) is 0 Å². The molecule has 100 valence electrons. The summed E-state index contributed by atoms with van der Waals surface area (Å²) in [5, 5.41) is 0. The number of nitrogens with zero attached hydrogens (tertiary/aromatic N) is 1. The molecule has 0 unspecified atom stereocenters. The molecule has 0 fully saturated rings. The zero-order valence-corrected chi connectivity index (χ0v) is 11.3. The van der Waals surface area contributed by atoms with Crippen molar-refractivity contribution >= 4 is 40.5 Å². The minimum absolute atomic E-state index is 0.0212. The molecule has 4 nitrogen and oxygen atoms in total. The Morgan fingerprint density at radius 3 is 2.12 bits per heavy atom. The third-order valence-electron chi connectivity index (χ3n) is 1.49. The SMILES string of the molecule is CCOC(=O)CN(C(=O)C(F)(F)F)[P+](C)(Cl)Cl. The lowest BCUT2D eigenvalue weighted by Gasteiger charge is -2.22. The molecule has 0 saturated heterocycles. The molecule has 0 heterocycles. The zero-order valence-electron chi connectivity index (χ0n) is 8.92. The predicted octanol–water partition coefficient (Wildman–Crippen LogP) is 2.81. The first-order chi connectivity index (χ1) is 7.50. The summed E-state index contributed by atoms with van der Waals surface area (Å²) in [6.07, 6.45) is -8.49. The maximum absolute atomic E-state index is 12.2. The summed E-state index contributed by atoms with van der Waals surface area (Å²) < 4.78 is 41.2. The van der Waals surface area contributed by atoms with Gasteiger partial charge in [0.25, 0.3) is 0 Å². The van der Waals surface area contributed by atoms with Crippen molar-refractivity contribution in [3.63, 3.8) is 0 Å². The number of rotatable bonds is 4. The van der Waals surface area contributed by atoms with Crippen molar-refractivity contribution in [1.82, 2.24) is 4.67 Å². The standard InChI is InChI=1S/C7H10Cl2F3NO3P/c1-3-16-5(14)4-13(17(2,8)9)6(15)7(10,11)12/h3-4H2,1-2H3/q+1. The second-order valence-electron chi connectivity index (χ2n) is 2.92. The quantitative estimate of drug-likeness (QED) is 0.592. The number of carbonyl (C=O) groups is 2. The molecule has 0 N–H and O–H groups in total. The number of ether oxygens (including phenoxy) is 1. The molecular weight excluding hydrogens is 305 g/mol. The van der Waals surface area contributed by atoms with Gasteiger partial charge in [-0.2, -0.15) is 17.8 Å². The van der Waals surface area contributed by atoms with Crippen molar-refractivity contribution < 1.29 is 27.5 Å². The van der Waals surface area contributed by atoms with Gasteiger partial charge in [-0.15, -0.1) is 0 Å². The van der Waals surface area contributed by atoms with Gasteiger partial charge in [0.2, 0.25) is 0 Å². The molecule has 1 amide bonds. The lowest BCUT2D eigenvalue weighted by molar-refractivity contribution is -0.181. The summed E-state index contributed by atoms with van der Waals surface area (Å²) in [4.78, 5) is 22.1. The van der Waals surface area contributed by atoms with Crippen LogP contribution in [0.4, 0.5) is 13.2 Å². The molecule has 0 aliphatic rings. The molecule has 0 aromatic carbocycles. The van der Waals surface area contributed by atoms with Crippen molar-refractivity contribution in [2.24, 2.45) is 0 Å². The number of alkyl halides is 3. The van der Waals surface area contributed by atoms with Crippen LogP contribution < -0.4 is 0 Å². The molecule has 0 aliphatic heterocycles.